The van der Waals surface area contributed by atoms with Crippen molar-refractivity contribution in [3.63, 3.8) is 0 Å². The second kappa shape index (κ2) is 6.87. The van der Waals surface area contributed by atoms with Crippen LogP contribution in [0.5, 0.6) is 5.75 Å². The Morgan fingerprint density at radius 1 is 1.19 bits per heavy atom. The smallest absolute Gasteiger partial charge is 0.140 e. The van der Waals surface area contributed by atoms with E-state index in [0.717, 1.165) is 29.0 Å². The highest BCUT2D eigenvalue weighted by Crippen LogP contribution is 2.25. The van der Waals surface area contributed by atoms with Crippen LogP contribution in [0, 0.1) is 25.2 Å². The molecule has 0 amide bonds. The molecule has 0 aliphatic rings. The van der Waals surface area contributed by atoms with Gasteiger partial charge in [0.15, 0.2) is 0 Å². The van der Waals surface area contributed by atoms with Crippen molar-refractivity contribution in [1.29, 1.82) is 5.26 Å². The van der Waals surface area contributed by atoms with Crippen molar-refractivity contribution < 1.29 is 4.74 Å². The van der Waals surface area contributed by atoms with E-state index in [9.17, 15) is 0 Å². The highest BCUT2D eigenvalue weighted by molar-refractivity contribution is 5.43. The number of nitrogens with zero attached hydrogens (tertiary/aromatic N) is 2. The van der Waals surface area contributed by atoms with E-state index < -0.39 is 0 Å². The molecule has 0 unspecified atom stereocenters. The lowest BCUT2D eigenvalue weighted by Crippen LogP contribution is -2.06. The fourth-order valence-corrected chi connectivity index (χ4v) is 2.35. The molecule has 0 bridgehead atoms. The molecule has 0 saturated carbocycles. The largest absolute Gasteiger partial charge is 0.488 e. The molecule has 0 fully saturated rings. The third-order valence-electron chi connectivity index (χ3n) is 3.22. The fourth-order valence-electron chi connectivity index (χ4n) is 2.35. The second-order valence-electron chi connectivity index (χ2n) is 5.04. The molecule has 2 rings (SSSR count). The maximum absolute atomic E-state index is 8.86. The summed E-state index contributed by atoms with van der Waals surface area (Å²) < 4.78 is 5.93. The Morgan fingerprint density at radius 3 is 2.52 bits per heavy atom. The molecule has 2 aromatic rings. The van der Waals surface area contributed by atoms with Gasteiger partial charge in [-0.15, -0.1) is 0 Å². The number of rotatable bonds is 5. The van der Waals surface area contributed by atoms with Crippen LogP contribution in [-0.2, 0) is 13.2 Å². The van der Waals surface area contributed by atoms with Crippen molar-refractivity contribution in [2.75, 3.05) is 7.05 Å². The van der Waals surface area contributed by atoms with Crippen molar-refractivity contribution in [1.82, 2.24) is 10.3 Å². The number of benzene rings is 1. The minimum atomic E-state index is 0.411. The average molecular weight is 281 g/mol. The summed E-state index contributed by atoms with van der Waals surface area (Å²) in [5, 5.41) is 12.0. The lowest BCUT2D eigenvalue weighted by atomic mass is 10.1. The van der Waals surface area contributed by atoms with Crippen molar-refractivity contribution in [3.8, 4) is 11.8 Å². The monoisotopic (exact) mass is 281 g/mol. The number of nitrogens with one attached hydrogen (secondary N) is 1. The third-order valence-corrected chi connectivity index (χ3v) is 3.22. The molecule has 4 nitrogen and oxygen atoms in total. The van der Waals surface area contributed by atoms with E-state index in [1.165, 1.54) is 5.56 Å². The van der Waals surface area contributed by atoms with Gasteiger partial charge in [-0.1, -0.05) is 12.1 Å². The number of aromatic nitrogens is 1. The second-order valence-corrected chi connectivity index (χ2v) is 5.04. The van der Waals surface area contributed by atoms with Crippen LogP contribution in [0.15, 0.2) is 30.5 Å². The molecule has 0 aliphatic carbocycles. The highest BCUT2D eigenvalue weighted by atomic mass is 16.5. The Balaban J connectivity index is 2.14. The molecule has 1 heterocycles. The molecular weight excluding hydrogens is 262 g/mol. The maximum Gasteiger partial charge on any atom is 0.140 e. The highest BCUT2D eigenvalue weighted by Gasteiger charge is 2.07. The predicted molar refractivity (Wildman–Crippen MR) is 82.0 cm³/mol. The normalized spacial score (nSPS) is 10.2. The van der Waals surface area contributed by atoms with E-state index in [1.54, 1.807) is 12.3 Å². The minimum Gasteiger partial charge on any atom is -0.488 e. The number of hydrogen-bond donors (Lipinski definition) is 1. The fraction of sp³-hybridized carbons (Fsp3) is 0.294. The predicted octanol–water partition coefficient (Wildman–Crippen LogP) is 2.87. The first-order valence-electron chi connectivity index (χ1n) is 6.86. The summed E-state index contributed by atoms with van der Waals surface area (Å²) in [5.74, 6) is 0.908. The molecule has 108 valence electrons. The first kappa shape index (κ1) is 15.0. The van der Waals surface area contributed by atoms with Gasteiger partial charge in [0.2, 0.25) is 0 Å². The van der Waals surface area contributed by atoms with Crippen LogP contribution in [0.2, 0.25) is 0 Å². The first-order chi connectivity index (χ1) is 10.1. The summed E-state index contributed by atoms with van der Waals surface area (Å²) in [6.45, 7) is 5.38. The van der Waals surface area contributed by atoms with Crippen LogP contribution in [0.1, 0.15) is 27.9 Å². The van der Waals surface area contributed by atoms with E-state index in [4.69, 9.17) is 10.00 Å². The van der Waals surface area contributed by atoms with Gasteiger partial charge in [0.1, 0.15) is 24.1 Å². The van der Waals surface area contributed by atoms with Crippen molar-refractivity contribution in [2.24, 2.45) is 0 Å². The standard InChI is InChI=1S/C17H19N3O/c1-12-6-15(10-19-3)7-13(2)17(12)21-11-14-4-5-20-16(8-14)9-18/h4-8,19H,10-11H2,1-3H3. The van der Waals surface area contributed by atoms with E-state index in [2.05, 4.69) is 36.3 Å². The van der Waals surface area contributed by atoms with Crippen LogP contribution in [0.4, 0.5) is 0 Å². The minimum absolute atomic E-state index is 0.411. The summed E-state index contributed by atoms with van der Waals surface area (Å²) in [4.78, 5) is 3.96. The zero-order valence-corrected chi connectivity index (χ0v) is 12.6. The third kappa shape index (κ3) is 3.80. The van der Waals surface area contributed by atoms with Crippen LogP contribution in [0.25, 0.3) is 0 Å². The molecule has 0 radical (unpaired) electrons. The Labute approximate surface area is 125 Å². The summed E-state index contributed by atoms with van der Waals surface area (Å²) >= 11 is 0. The van der Waals surface area contributed by atoms with E-state index >= 15 is 0 Å². The van der Waals surface area contributed by atoms with Crippen LogP contribution in [0.3, 0.4) is 0 Å². The molecule has 0 saturated heterocycles. The van der Waals surface area contributed by atoms with Crippen molar-refractivity contribution >= 4 is 0 Å². The number of aryl methyl sites for hydroxylation is 2. The number of hydrogen-bond acceptors (Lipinski definition) is 4. The summed E-state index contributed by atoms with van der Waals surface area (Å²) in [6, 6.07) is 9.91. The Morgan fingerprint density at radius 2 is 1.90 bits per heavy atom. The Hall–Kier alpha value is -2.38. The Kier molecular flexibility index (Phi) is 4.91. The van der Waals surface area contributed by atoms with Gasteiger partial charge in [-0.05, 0) is 55.3 Å². The van der Waals surface area contributed by atoms with Gasteiger partial charge in [-0.3, -0.25) is 0 Å². The van der Waals surface area contributed by atoms with Crippen molar-refractivity contribution in [2.45, 2.75) is 27.0 Å². The lowest BCUT2D eigenvalue weighted by molar-refractivity contribution is 0.301. The van der Waals surface area contributed by atoms with Crippen LogP contribution in [-0.4, -0.2) is 12.0 Å². The van der Waals surface area contributed by atoms with Crippen LogP contribution >= 0.6 is 0 Å². The zero-order chi connectivity index (χ0) is 15.2. The molecular formula is C17H19N3O. The van der Waals surface area contributed by atoms with Gasteiger partial charge in [0.05, 0.1) is 0 Å². The molecule has 1 aromatic heterocycles. The maximum atomic E-state index is 8.86. The van der Waals surface area contributed by atoms with E-state index in [0.29, 0.717) is 12.3 Å². The van der Waals surface area contributed by atoms with Gasteiger partial charge in [-0.25, -0.2) is 4.98 Å². The van der Waals surface area contributed by atoms with Gasteiger partial charge < -0.3 is 10.1 Å². The SMILES string of the molecule is CNCc1cc(C)c(OCc2ccnc(C#N)c2)c(C)c1. The quantitative estimate of drug-likeness (QED) is 0.915. The molecule has 0 atom stereocenters. The van der Waals surface area contributed by atoms with Gasteiger partial charge in [-0.2, -0.15) is 5.26 Å². The van der Waals surface area contributed by atoms with Gasteiger partial charge >= 0.3 is 0 Å². The first-order valence-corrected chi connectivity index (χ1v) is 6.86. The van der Waals surface area contributed by atoms with E-state index in [1.807, 2.05) is 19.2 Å². The summed E-state index contributed by atoms with van der Waals surface area (Å²) in [5.41, 5.74) is 4.84. The molecule has 0 spiro atoms. The molecule has 1 N–H and O–H groups in total. The molecule has 1 aromatic carbocycles. The van der Waals surface area contributed by atoms with Crippen molar-refractivity contribution in [3.05, 3.63) is 58.4 Å². The topological polar surface area (TPSA) is 57.9 Å². The lowest BCUT2D eigenvalue weighted by Gasteiger charge is -2.14. The molecule has 0 aliphatic heterocycles. The Bertz CT molecular complexity index is 651. The number of ether oxygens (including phenoxy) is 1. The van der Waals surface area contributed by atoms with Crippen LogP contribution < -0.4 is 10.1 Å². The van der Waals surface area contributed by atoms with E-state index in [-0.39, 0.29) is 0 Å². The number of nitriles is 1. The van der Waals surface area contributed by atoms with Gasteiger partial charge in [0.25, 0.3) is 0 Å². The summed E-state index contributed by atoms with van der Waals surface area (Å²) in [6.07, 6.45) is 1.63. The van der Waals surface area contributed by atoms with Gasteiger partial charge in [0, 0.05) is 12.7 Å². The number of pyridine rings is 1. The molecule has 21 heavy (non-hydrogen) atoms. The average Bonchev–Trinajstić information content (AvgIpc) is 2.47. The molecule has 4 heteroatoms. The summed E-state index contributed by atoms with van der Waals surface area (Å²) in [7, 11) is 1.94. The zero-order valence-electron chi connectivity index (χ0n) is 12.6.